The molecule has 1 saturated heterocycles. The van der Waals surface area contributed by atoms with E-state index in [0.717, 1.165) is 12.1 Å². The minimum atomic E-state index is -0.336. The fourth-order valence-corrected chi connectivity index (χ4v) is 1.93. The monoisotopic (exact) mass is 237 g/mol. The summed E-state index contributed by atoms with van der Waals surface area (Å²) in [4.78, 5) is 2.12. The van der Waals surface area contributed by atoms with E-state index in [-0.39, 0.29) is 17.8 Å². The highest BCUT2D eigenvalue weighted by molar-refractivity contribution is 5.82. The zero-order valence-electron chi connectivity index (χ0n) is 9.53. The molecule has 0 bridgehead atoms. The van der Waals surface area contributed by atoms with Crippen molar-refractivity contribution in [1.29, 1.82) is 5.41 Å². The van der Waals surface area contributed by atoms with Gasteiger partial charge in [0.15, 0.2) is 0 Å². The van der Waals surface area contributed by atoms with Crippen molar-refractivity contribution in [3.63, 3.8) is 0 Å². The van der Waals surface area contributed by atoms with Crippen LogP contribution in [0.4, 0.5) is 4.39 Å². The number of rotatable bonds is 3. The molecule has 0 aliphatic carbocycles. The molecule has 1 aliphatic heterocycles. The highest BCUT2D eigenvalue weighted by Gasteiger charge is 2.22. The normalized spacial score (nSPS) is 21.4. The Kier molecular flexibility index (Phi) is 3.71. The third-order valence-electron chi connectivity index (χ3n) is 2.79. The van der Waals surface area contributed by atoms with Crippen molar-refractivity contribution < 1.29 is 9.13 Å². The molecular formula is C12H16FN3O. The summed E-state index contributed by atoms with van der Waals surface area (Å²) in [6.45, 7) is 2.58. The van der Waals surface area contributed by atoms with Crippen LogP contribution in [0.15, 0.2) is 24.3 Å². The fraction of sp³-hybridized carbons (Fsp3) is 0.417. The first-order valence-corrected chi connectivity index (χ1v) is 5.57. The summed E-state index contributed by atoms with van der Waals surface area (Å²) in [7, 11) is 0. The Hall–Kier alpha value is -1.46. The van der Waals surface area contributed by atoms with Gasteiger partial charge in [-0.2, -0.15) is 0 Å². The first-order valence-electron chi connectivity index (χ1n) is 5.57. The van der Waals surface area contributed by atoms with Crippen molar-refractivity contribution in [2.24, 2.45) is 5.73 Å². The third kappa shape index (κ3) is 3.25. The molecule has 17 heavy (non-hydrogen) atoms. The van der Waals surface area contributed by atoms with Crippen molar-refractivity contribution in [1.82, 2.24) is 4.90 Å². The van der Waals surface area contributed by atoms with Crippen LogP contribution in [0.3, 0.4) is 0 Å². The lowest BCUT2D eigenvalue weighted by Crippen LogP contribution is -2.47. The molecule has 1 fully saturated rings. The van der Waals surface area contributed by atoms with Gasteiger partial charge in [-0.3, -0.25) is 10.3 Å². The van der Waals surface area contributed by atoms with Gasteiger partial charge in [0.1, 0.15) is 17.8 Å². The second-order valence-corrected chi connectivity index (χ2v) is 4.18. The van der Waals surface area contributed by atoms with E-state index < -0.39 is 0 Å². The summed E-state index contributed by atoms with van der Waals surface area (Å²) in [5.41, 5.74) is 6.34. The summed E-state index contributed by atoms with van der Waals surface area (Å²) in [6, 6.07) is 6.55. The summed E-state index contributed by atoms with van der Waals surface area (Å²) in [5.74, 6) is -0.173. The maximum absolute atomic E-state index is 13.0. The Balaban J connectivity index is 1.97. The van der Waals surface area contributed by atoms with E-state index in [4.69, 9.17) is 15.9 Å². The van der Waals surface area contributed by atoms with E-state index in [1.54, 1.807) is 6.07 Å². The maximum atomic E-state index is 13.0. The standard InChI is InChI=1S/C12H16FN3O/c13-10-3-1-2-9(6-10)7-16-4-5-17-11(8-16)12(14)15/h1-3,6,11H,4-5,7-8H2,(H3,14,15). The van der Waals surface area contributed by atoms with Gasteiger partial charge in [0.25, 0.3) is 0 Å². The largest absolute Gasteiger partial charge is 0.385 e. The van der Waals surface area contributed by atoms with Gasteiger partial charge >= 0.3 is 0 Å². The molecule has 0 radical (unpaired) electrons. The Morgan fingerprint density at radius 2 is 2.41 bits per heavy atom. The Bertz CT molecular complexity index is 410. The third-order valence-corrected chi connectivity index (χ3v) is 2.79. The lowest BCUT2D eigenvalue weighted by atomic mass is 10.2. The first-order chi connectivity index (χ1) is 8.15. The number of nitrogens with two attached hydrogens (primary N) is 1. The molecule has 0 amide bonds. The van der Waals surface area contributed by atoms with Gasteiger partial charge < -0.3 is 10.5 Å². The van der Waals surface area contributed by atoms with Crippen LogP contribution in [0, 0.1) is 11.2 Å². The molecule has 2 rings (SSSR count). The average molecular weight is 237 g/mol. The van der Waals surface area contributed by atoms with Gasteiger partial charge in [-0.25, -0.2) is 4.39 Å². The van der Waals surface area contributed by atoms with E-state index in [2.05, 4.69) is 4.90 Å². The second kappa shape index (κ2) is 5.25. The number of halogens is 1. The molecule has 3 N–H and O–H groups in total. The highest BCUT2D eigenvalue weighted by atomic mass is 19.1. The van der Waals surface area contributed by atoms with Gasteiger partial charge in [0, 0.05) is 19.6 Å². The van der Waals surface area contributed by atoms with Gasteiger partial charge in [-0.1, -0.05) is 12.1 Å². The van der Waals surface area contributed by atoms with E-state index in [9.17, 15) is 4.39 Å². The van der Waals surface area contributed by atoms with Gasteiger partial charge in [-0.05, 0) is 17.7 Å². The summed E-state index contributed by atoms with van der Waals surface area (Å²) >= 11 is 0. The lowest BCUT2D eigenvalue weighted by Gasteiger charge is -2.32. The Labute approximate surface area is 99.7 Å². The molecule has 5 heteroatoms. The van der Waals surface area contributed by atoms with Crippen molar-refractivity contribution in [2.45, 2.75) is 12.6 Å². The van der Waals surface area contributed by atoms with Crippen LogP contribution in [0.25, 0.3) is 0 Å². The first kappa shape index (κ1) is 12.0. The zero-order chi connectivity index (χ0) is 12.3. The van der Waals surface area contributed by atoms with E-state index in [1.165, 1.54) is 12.1 Å². The number of amidine groups is 1. The maximum Gasteiger partial charge on any atom is 0.127 e. The minimum Gasteiger partial charge on any atom is -0.385 e. The van der Waals surface area contributed by atoms with Crippen molar-refractivity contribution >= 4 is 5.84 Å². The molecule has 1 heterocycles. The van der Waals surface area contributed by atoms with Crippen LogP contribution in [-0.4, -0.2) is 36.5 Å². The number of nitrogens with zero attached hydrogens (tertiary/aromatic N) is 1. The smallest absolute Gasteiger partial charge is 0.127 e. The molecule has 1 atom stereocenters. The summed E-state index contributed by atoms with van der Waals surface area (Å²) in [5, 5.41) is 7.36. The van der Waals surface area contributed by atoms with Crippen LogP contribution in [0.5, 0.6) is 0 Å². The SMILES string of the molecule is N=C(N)C1CN(Cc2cccc(F)c2)CCO1. The van der Waals surface area contributed by atoms with Gasteiger partial charge in [0.05, 0.1) is 6.61 Å². The molecular weight excluding hydrogens is 221 g/mol. The molecule has 4 nitrogen and oxygen atoms in total. The van der Waals surface area contributed by atoms with E-state index >= 15 is 0 Å². The highest BCUT2D eigenvalue weighted by Crippen LogP contribution is 2.11. The van der Waals surface area contributed by atoms with E-state index in [0.29, 0.717) is 19.7 Å². The van der Waals surface area contributed by atoms with Crippen LogP contribution in [0.2, 0.25) is 0 Å². The van der Waals surface area contributed by atoms with Crippen LogP contribution < -0.4 is 5.73 Å². The second-order valence-electron chi connectivity index (χ2n) is 4.18. The Morgan fingerprint density at radius 1 is 1.59 bits per heavy atom. The predicted octanol–water partition coefficient (Wildman–Crippen LogP) is 0.962. The number of ether oxygens (including phenoxy) is 1. The van der Waals surface area contributed by atoms with E-state index in [1.807, 2.05) is 6.07 Å². The Morgan fingerprint density at radius 3 is 3.12 bits per heavy atom. The topological polar surface area (TPSA) is 62.3 Å². The summed E-state index contributed by atoms with van der Waals surface area (Å²) in [6.07, 6.45) is -0.336. The van der Waals surface area contributed by atoms with Crippen molar-refractivity contribution in [3.05, 3.63) is 35.6 Å². The van der Waals surface area contributed by atoms with Crippen molar-refractivity contribution in [2.75, 3.05) is 19.7 Å². The minimum absolute atomic E-state index is 0.0499. The quantitative estimate of drug-likeness (QED) is 0.608. The van der Waals surface area contributed by atoms with Crippen LogP contribution in [0.1, 0.15) is 5.56 Å². The molecule has 1 aliphatic rings. The van der Waals surface area contributed by atoms with Crippen molar-refractivity contribution in [3.8, 4) is 0 Å². The molecule has 1 aromatic carbocycles. The lowest BCUT2D eigenvalue weighted by molar-refractivity contribution is 0.00234. The number of nitrogens with one attached hydrogen (secondary N) is 1. The molecule has 92 valence electrons. The fourth-order valence-electron chi connectivity index (χ4n) is 1.93. The molecule has 0 saturated carbocycles. The van der Waals surface area contributed by atoms with Gasteiger partial charge in [0.2, 0.25) is 0 Å². The number of hydrogen-bond acceptors (Lipinski definition) is 3. The number of morpholine rings is 1. The molecule has 0 aromatic heterocycles. The van der Waals surface area contributed by atoms with Gasteiger partial charge in [-0.15, -0.1) is 0 Å². The zero-order valence-corrected chi connectivity index (χ0v) is 9.53. The van der Waals surface area contributed by atoms with Crippen LogP contribution in [-0.2, 0) is 11.3 Å². The number of benzene rings is 1. The molecule has 1 aromatic rings. The number of hydrogen-bond donors (Lipinski definition) is 2. The average Bonchev–Trinajstić information content (AvgIpc) is 2.29. The summed E-state index contributed by atoms with van der Waals surface area (Å²) < 4.78 is 18.4. The van der Waals surface area contributed by atoms with Crippen LogP contribution >= 0.6 is 0 Å². The molecule has 1 unspecified atom stereocenters. The predicted molar refractivity (Wildman–Crippen MR) is 63.3 cm³/mol. The molecule has 0 spiro atoms.